The van der Waals surface area contributed by atoms with Gasteiger partial charge in [0.15, 0.2) is 0 Å². The maximum atomic E-state index is 13.1. The topological polar surface area (TPSA) is 42.4 Å². The first-order valence-corrected chi connectivity index (χ1v) is 9.55. The molecule has 1 saturated heterocycles. The predicted molar refractivity (Wildman–Crippen MR) is 107 cm³/mol. The van der Waals surface area contributed by atoms with Gasteiger partial charge in [0, 0.05) is 42.5 Å². The fraction of sp³-hybridized carbons (Fsp3) is 0.273. The van der Waals surface area contributed by atoms with Crippen LogP contribution in [0.25, 0.3) is 10.9 Å². The summed E-state index contributed by atoms with van der Waals surface area (Å²) in [7, 11) is 0. The van der Waals surface area contributed by atoms with E-state index >= 15 is 0 Å². The van der Waals surface area contributed by atoms with Crippen LogP contribution in [0.2, 0.25) is 5.02 Å². The molecule has 0 atom stereocenters. The molecule has 1 aromatic heterocycles. The predicted octanol–water partition coefficient (Wildman–Crippen LogP) is 4.88. The van der Waals surface area contributed by atoms with Gasteiger partial charge in [-0.3, -0.25) is 9.78 Å². The summed E-state index contributed by atoms with van der Waals surface area (Å²) in [6.45, 7) is 3.37. The lowest BCUT2D eigenvalue weighted by Crippen LogP contribution is -2.41. The minimum Gasteiger partial charge on any atom is -0.490 e. The lowest BCUT2D eigenvalue weighted by atomic mass is 10.0. The van der Waals surface area contributed by atoms with Gasteiger partial charge in [-0.1, -0.05) is 17.7 Å². The van der Waals surface area contributed by atoms with Gasteiger partial charge in [-0.15, -0.1) is 0 Å². The molecule has 2 aromatic carbocycles. The monoisotopic (exact) mass is 380 g/mol. The molecule has 27 heavy (non-hydrogen) atoms. The number of nitrogens with zero attached hydrogens (tertiary/aromatic N) is 2. The van der Waals surface area contributed by atoms with E-state index in [4.69, 9.17) is 16.3 Å². The first-order chi connectivity index (χ1) is 13.1. The highest BCUT2D eigenvalue weighted by atomic mass is 35.5. The van der Waals surface area contributed by atoms with E-state index in [0.717, 1.165) is 35.1 Å². The number of piperidine rings is 1. The van der Waals surface area contributed by atoms with Crippen LogP contribution < -0.4 is 4.74 Å². The number of aromatic nitrogens is 1. The Morgan fingerprint density at radius 3 is 2.63 bits per heavy atom. The number of aryl methyl sites for hydroxylation is 1. The number of rotatable bonds is 3. The number of halogens is 1. The third-order valence-electron chi connectivity index (χ3n) is 4.93. The number of carbonyl (C=O) groups excluding carboxylic acids is 1. The van der Waals surface area contributed by atoms with Crippen LogP contribution in [0.4, 0.5) is 0 Å². The molecule has 0 saturated carbocycles. The fourth-order valence-corrected chi connectivity index (χ4v) is 3.68. The number of hydrogen-bond donors (Lipinski definition) is 0. The molecule has 1 amide bonds. The Morgan fingerprint density at radius 2 is 1.89 bits per heavy atom. The van der Waals surface area contributed by atoms with Crippen LogP contribution in [0, 0.1) is 6.92 Å². The molecule has 4 nitrogen and oxygen atoms in total. The zero-order chi connectivity index (χ0) is 18.8. The molecule has 2 heterocycles. The van der Waals surface area contributed by atoms with Crippen molar-refractivity contribution in [2.75, 3.05) is 13.1 Å². The van der Waals surface area contributed by atoms with E-state index in [1.54, 1.807) is 6.20 Å². The summed E-state index contributed by atoms with van der Waals surface area (Å²) >= 11 is 5.91. The van der Waals surface area contributed by atoms with Gasteiger partial charge in [-0.05, 0) is 55.0 Å². The SMILES string of the molecule is Cc1cc(C(=O)N2CCC(Oc3ccc(Cl)cc3)CC2)c2ncccc2c1. The molecule has 138 valence electrons. The maximum absolute atomic E-state index is 13.1. The number of likely N-dealkylation sites (tertiary alicyclic amines) is 1. The standard InChI is InChI=1S/C22H21ClN2O2/c1-15-13-16-3-2-10-24-21(16)20(14-15)22(26)25-11-8-19(9-12-25)27-18-6-4-17(23)5-7-18/h2-7,10,13-14,19H,8-9,11-12H2,1H3. The van der Waals surface area contributed by atoms with Crippen molar-refractivity contribution in [2.45, 2.75) is 25.9 Å². The lowest BCUT2D eigenvalue weighted by molar-refractivity contribution is 0.0597. The highest BCUT2D eigenvalue weighted by Crippen LogP contribution is 2.24. The molecule has 1 aliphatic rings. The molecule has 0 radical (unpaired) electrons. The first-order valence-electron chi connectivity index (χ1n) is 9.17. The first kappa shape index (κ1) is 17.8. The Kier molecular flexibility index (Phi) is 4.99. The zero-order valence-corrected chi connectivity index (χ0v) is 15.9. The van der Waals surface area contributed by atoms with Gasteiger partial charge in [0.2, 0.25) is 0 Å². The number of hydrogen-bond acceptors (Lipinski definition) is 3. The Morgan fingerprint density at radius 1 is 1.15 bits per heavy atom. The third kappa shape index (κ3) is 3.91. The Bertz CT molecular complexity index is 964. The quantitative estimate of drug-likeness (QED) is 0.650. The van der Waals surface area contributed by atoms with Crippen LogP contribution in [-0.2, 0) is 0 Å². The number of amides is 1. The van der Waals surface area contributed by atoms with Crippen molar-refractivity contribution < 1.29 is 9.53 Å². The van der Waals surface area contributed by atoms with Crippen molar-refractivity contribution in [3.63, 3.8) is 0 Å². The van der Waals surface area contributed by atoms with E-state index in [0.29, 0.717) is 23.7 Å². The van der Waals surface area contributed by atoms with Crippen molar-refractivity contribution in [1.29, 1.82) is 0 Å². The molecular formula is C22H21ClN2O2. The largest absolute Gasteiger partial charge is 0.490 e. The third-order valence-corrected chi connectivity index (χ3v) is 5.18. The molecule has 4 rings (SSSR count). The molecule has 1 aliphatic heterocycles. The van der Waals surface area contributed by atoms with Crippen LogP contribution in [0.15, 0.2) is 54.7 Å². The second-order valence-corrected chi connectivity index (χ2v) is 7.39. The van der Waals surface area contributed by atoms with Gasteiger partial charge < -0.3 is 9.64 Å². The summed E-state index contributed by atoms with van der Waals surface area (Å²) in [5, 5.41) is 1.70. The van der Waals surface area contributed by atoms with Crippen molar-refractivity contribution in [1.82, 2.24) is 9.88 Å². The summed E-state index contributed by atoms with van der Waals surface area (Å²) in [6, 6.07) is 15.3. The van der Waals surface area contributed by atoms with Crippen molar-refractivity contribution in [2.24, 2.45) is 0 Å². The minimum atomic E-state index is 0.0485. The van der Waals surface area contributed by atoms with Gasteiger partial charge in [0.1, 0.15) is 11.9 Å². The minimum absolute atomic E-state index is 0.0485. The van der Waals surface area contributed by atoms with Crippen molar-refractivity contribution in [3.05, 3.63) is 70.9 Å². The van der Waals surface area contributed by atoms with E-state index in [9.17, 15) is 4.79 Å². The molecule has 0 aliphatic carbocycles. The average molecular weight is 381 g/mol. The Labute approximate surface area is 163 Å². The zero-order valence-electron chi connectivity index (χ0n) is 15.2. The van der Waals surface area contributed by atoms with Crippen molar-refractivity contribution in [3.8, 4) is 5.75 Å². The smallest absolute Gasteiger partial charge is 0.256 e. The van der Waals surface area contributed by atoms with Crippen LogP contribution in [0.3, 0.4) is 0 Å². The van der Waals surface area contributed by atoms with E-state index in [1.807, 2.05) is 54.3 Å². The number of carbonyl (C=O) groups is 1. The molecule has 1 fully saturated rings. The summed E-state index contributed by atoms with van der Waals surface area (Å²) in [5.74, 6) is 0.866. The number of ether oxygens (including phenoxy) is 1. The molecule has 0 bridgehead atoms. The van der Waals surface area contributed by atoms with Crippen LogP contribution in [0.5, 0.6) is 5.75 Å². The number of pyridine rings is 1. The number of benzene rings is 2. The van der Waals surface area contributed by atoms with Crippen LogP contribution in [-0.4, -0.2) is 35.0 Å². The van der Waals surface area contributed by atoms with Gasteiger partial charge in [0.05, 0.1) is 11.1 Å². The van der Waals surface area contributed by atoms with Gasteiger partial charge in [-0.2, -0.15) is 0 Å². The normalized spacial score (nSPS) is 15.1. The second-order valence-electron chi connectivity index (χ2n) is 6.95. The van der Waals surface area contributed by atoms with Crippen molar-refractivity contribution >= 4 is 28.4 Å². The van der Waals surface area contributed by atoms with Gasteiger partial charge >= 0.3 is 0 Å². The van der Waals surface area contributed by atoms with E-state index in [-0.39, 0.29) is 12.0 Å². The summed E-state index contributed by atoms with van der Waals surface area (Å²) in [4.78, 5) is 19.4. The highest BCUT2D eigenvalue weighted by molar-refractivity contribution is 6.30. The van der Waals surface area contributed by atoms with Crippen LogP contribution >= 0.6 is 11.6 Å². The average Bonchev–Trinajstić information content (AvgIpc) is 2.69. The van der Waals surface area contributed by atoms with E-state index in [1.165, 1.54) is 0 Å². The van der Waals surface area contributed by atoms with E-state index in [2.05, 4.69) is 11.1 Å². The fourth-order valence-electron chi connectivity index (χ4n) is 3.56. The molecule has 0 N–H and O–H groups in total. The highest BCUT2D eigenvalue weighted by Gasteiger charge is 2.26. The Hall–Kier alpha value is -2.59. The Balaban J connectivity index is 1.45. The second kappa shape index (κ2) is 7.57. The lowest BCUT2D eigenvalue weighted by Gasteiger charge is -2.32. The maximum Gasteiger partial charge on any atom is 0.256 e. The molecule has 3 aromatic rings. The summed E-state index contributed by atoms with van der Waals surface area (Å²) < 4.78 is 6.02. The molecule has 0 spiro atoms. The van der Waals surface area contributed by atoms with Gasteiger partial charge in [0.25, 0.3) is 5.91 Å². The molecule has 5 heteroatoms. The molecular weight excluding hydrogens is 360 g/mol. The summed E-state index contributed by atoms with van der Waals surface area (Å²) in [5.41, 5.74) is 2.52. The molecule has 0 unspecified atom stereocenters. The number of fused-ring (bicyclic) bond motifs is 1. The summed E-state index contributed by atoms with van der Waals surface area (Å²) in [6.07, 6.45) is 3.47. The van der Waals surface area contributed by atoms with Crippen LogP contribution in [0.1, 0.15) is 28.8 Å². The van der Waals surface area contributed by atoms with E-state index < -0.39 is 0 Å². The van der Waals surface area contributed by atoms with Gasteiger partial charge in [-0.25, -0.2) is 0 Å².